The molecule has 0 aromatic heterocycles. The van der Waals surface area contributed by atoms with E-state index >= 15 is 0 Å². The van der Waals surface area contributed by atoms with Crippen LogP contribution in [0.1, 0.15) is 45.4 Å². The fourth-order valence-corrected chi connectivity index (χ4v) is 2.71. The Morgan fingerprint density at radius 2 is 1.62 bits per heavy atom. The van der Waals surface area contributed by atoms with E-state index in [-0.39, 0.29) is 5.60 Å². The smallest absolute Gasteiger partial charge is 0.0872 e. The van der Waals surface area contributed by atoms with Crippen LogP contribution in [0.5, 0.6) is 0 Å². The molecule has 0 aromatic carbocycles. The zero-order valence-electron chi connectivity index (χ0n) is 8.63. The summed E-state index contributed by atoms with van der Waals surface area (Å²) in [5.74, 6) is 0. The third kappa shape index (κ3) is 2.23. The lowest BCUT2D eigenvalue weighted by atomic mass is 9.92. The summed E-state index contributed by atoms with van der Waals surface area (Å²) < 4.78 is 0. The van der Waals surface area contributed by atoms with Crippen LogP contribution in [0, 0.1) is 0 Å². The molecule has 1 N–H and O–H groups in total. The average molecular weight is 183 g/mol. The van der Waals surface area contributed by atoms with E-state index in [0.717, 1.165) is 19.1 Å². The summed E-state index contributed by atoms with van der Waals surface area (Å²) in [7, 11) is 0. The summed E-state index contributed by atoms with van der Waals surface area (Å²) in [5.41, 5.74) is -0.383. The summed E-state index contributed by atoms with van der Waals surface area (Å²) in [6, 6.07) is 0.780. The Bertz CT molecular complexity index is 163. The molecular formula is C11H21NO. The molecule has 0 spiro atoms. The van der Waals surface area contributed by atoms with Gasteiger partial charge in [0.2, 0.25) is 0 Å². The standard InChI is InChI=1S/C11H21NO/c1-11(13)8-12(9-11)10-6-4-2-3-5-7-10/h10,13H,2-9H2,1H3. The molecule has 2 rings (SSSR count). The van der Waals surface area contributed by atoms with Crippen molar-refractivity contribution in [2.45, 2.75) is 57.1 Å². The number of hydrogen-bond acceptors (Lipinski definition) is 2. The number of likely N-dealkylation sites (tertiary alicyclic amines) is 1. The number of hydrogen-bond donors (Lipinski definition) is 1. The molecule has 0 unspecified atom stereocenters. The van der Waals surface area contributed by atoms with Gasteiger partial charge in [0.1, 0.15) is 0 Å². The molecule has 2 aliphatic rings. The Labute approximate surface area is 80.9 Å². The lowest BCUT2D eigenvalue weighted by Crippen LogP contribution is -2.62. The molecule has 76 valence electrons. The van der Waals surface area contributed by atoms with E-state index in [9.17, 15) is 5.11 Å². The fourth-order valence-electron chi connectivity index (χ4n) is 2.71. The molecule has 1 saturated carbocycles. The number of aliphatic hydroxyl groups is 1. The van der Waals surface area contributed by atoms with Gasteiger partial charge in [-0.05, 0) is 19.8 Å². The van der Waals surface area contributed by atoms with E-state index in [1.807, 2.05) is 6.92 Å². The number of β-amino-alcohol motifs (C(OH)–C–C–N with tert-alkyl or cyclic N) is 1. The van der Waals surface area contributed by atoms with Crippen LogP contribution in [0.15, 0.2) is 0 Å². The van der Waals surface area contributed by atoms with Gasteiger partial charge in [0.05, 0.1) is 5.60 Å². The van der Waals surface area contributed by atoms with Gasteiger partial charge in [-0.25, -0.2) is 0 Å². The molecule has 1 aliphatic heterocycles. The molecule has 0 aromatic rings. The lowest BCUT2D eigenvalue weighted by Gasteiger charge is -2.48. The largest absolute Gasteiger partial charge is 0.388 e. The van der Waals surface area contributed by atoms with Crippen molar-refractivity contribution in [2.75, 3.05) is 13.1 Å². The van der Waals surface area contributed by atoms with Gasteiger partial charge in [-0.2, -0.15) is 0 Å². The van der Waals surface area contributed by atoms with Crippen molar-refractivity contribution in [1.82, 2.24) is 4.90 Å². The molecule has 0 amide bonds. The first-order valence-corrected chi connectivity index (χ1v) is 5.64. The molecule has 1 heterocycles. The minimum atomic E-state index is -0.383. The third-order valence-electron chi connectivity index (χ3n) is 3.43. The summed E-state index contributed by atoms with van der Waals surface area (Å²) in [6.07, 6.45) is 8.33. The van der Waals surface area contributed by atoms with Gasteiger partial charge in [-0.3, -0.25) is 4.90 Å². The highest BCUT2D eigenvalue weighted by Crippen LogP contribution is 2.29. The van der Waals surface area contributed by atoms with Crippen molar-refractivity contribution in [1.29, 1.82) is 0 Å². The first-order chi connectivity index (χ1) is 6.17. The predicted octanol–water partition coefficient (Wildman–Crippen LogP) is 1.78. The van der Waals surface area contributed by atoms with Gasteiger partial charge < -0.3 is 5.11 Å². The fraction of sp³-hybridized carbons (Fsp3) is 1.00. The Kier molecular flexibility index (Phi) is 2.61. The number of nitrogens with zero attached hydrogens (tertiary/aromatic N) is 1. The van der Waals surface area contributed by atoms with Crippen LogP contribution in [0.25, 0.3) is 0 Å². The molecule has 1 saturated heterocycles. The SMILES string of the molecule is CC1(O)CN(C2CCCCCC2)C1. The zero-order chi connectivity index (χ0) is 9.31. The molecule has 0 bridgehead atoms. The van der Waals surface area contributed by atoms with Crippen LogP contribution in [-0.2, 0) is 0 Å². The van der Waals surface area contributed by atoms with Crippen LogP contribution >= 0.6 is 0 Å². The highest BCUT2D eigenvalue weighted by Gasteiger charge is 2.39. The molecule has 0 atom stereocenters. The second-order valence-electron chi connectivity index (χ2n) is 5.05. The second kappa shape index (κ2) is 3.58. The van der Waals surface area contributed by atoms with E-state index in [1.165, 1.54) is 38.5 Å². The summed E-state index contributed by atoms with van der Waals surface area (Å²) >= 11 is 0. The van der Waals surface area contributed by atoms with Crippen LogP contribution in [-0.4, -0.2) is 34.7 Å². The van der Waals surface area contributed by atoms with Gasteiger partial charge in [0.25, 0.3) is 0 Å². The molecule has 2 nitrogen and oxygen atoms in total. The van der Waals surface area contributed by atoms with Crippen molar-refractivity contribution in [3.8, 4) is 0 Å². The van der Waals surface area contributed by atoms with Crippen molar-refractivity contribution < 1.29 is 5.11 Å². The van der Waals surface area contributed by atoms with Gasteiger partial charge in [0, 0.05) is 19.1 Å². The van der Waals surface area contributed by atoms with Crippen molar-refractivity contribution >= 4 is 0 Å². The molecule has 1 aliphatic carbocycles. The number of rotatable bonds is 1. The first-order valence-electron chi connectivity index (χ1n) is 5.64. The van der Waals surface area contributed by atoms with E-state index in [2.05, 4.69) is 4.90 Å². The van der Waals surface area contributed by atoms with E-state index < -0.39 is 0 Å². The molecule has 2 heteroatoms. The Morgan fingerprint density at radius 1 is 1.08 bits per heavy atom. The summed E-state index contributed by atoms with van der Waals surface area (Å²) in [6.45, 7) is 3.75. The Balaban J connectivity index is 1.80. The van der Waals surface area contributed by atoms with Crippen LogP contribution < -0.4 is 0 Å². The van der Waals surface area contributed by atoms with Gasteiger partial charge >= 0.3 is 0 Å². The van der Waals surface area contributed by atoms with Gasteiger partial charge in [-0.15, -0.1) is 0 Å². The van der Waals surface area contributed by atoms with Crippen LogP contribution in [0.3, 0.4) is 0 Å². The third-order valence-corrected chi connectivity index (χ3v) is 3.43. The predicted molar refractivity (Wildman–Crippen MR) is 53.7 cm³/mol. The normalized spacial score (nSPS) is 30.9. The molecule has 13 heavy (non-hydrogen) atoms. The maximum absolute atomic E-state index is 9.64. The van der Waals surface area contributed by atoms with Crippen molar-refractivity contribution in [3.63, 3.8) is 0 Å². The summed E-state index contributed by atoms with van der Waals surface area (Å²) in [4.78, 5) is 2.46. The Morgan fingerprint density at radius 3 is 2.08 bits per heavy atom. The lowest BCUT2D eigenvalue weighted by molar-refractivity contribution is -0.104. The quantitative estimate of drug-likeness (QED) is 0.626. The first kappa shape index (κ1) is 9.47. The van der Waals surface area contributed by atoms with Gasteiger partial charge in [0.15, 0.2) is 0 Å². The van der Waals surface area contributed by atoms with E-state index in [1.54, 1.807) is 0 Å². The average Bonchev–Trinajstić information content (AvgIpc) is 2.26. The zero-order valence-corrected chi connectivity index (χ0v) is 8.63. The van der Waals surface area contributed by atoms with Crippen molar-refractivity contribution in [3.05, 3.63) is 0 Å². The summed E-state index contributed by atoms with van der Waals surface area (Å²) in [5, 5.41) is 9.64. The van der Waals surface area contributed by atoms with Crippen LogP contribution in [0.4, 0.5) is 0 Å². The second-order valence-corrected chi connectivity index (χ2v) is 5.05. The maximum atomic E-state index is 9.64. The molecule has 0 radical (unpaired) electrons. The highest BCUT2D eigenvalue weighted by molar-refractivity contribution is 4.95. The van der Waals surface area contributed by atoms with E-state index in [4.69, 9.17) is 0 Å². The maximum Gasteiger partial charge on any atom is 0.0872 e. The van der Waals surface area contributed by atoms with E-state index in [0.29, 0.717) is 0 Å². The van der Waals surface area contributed by atoms with Crippen LogP contribution in [0.2, 0.25) is 0 Å². The topological polar surface area (TPSA) is 23.5 Å². The minimum Gasteiger partial charge on any atom is -0.388 e. The highest BCUT2D eigenvalue weighted by atomic mass is 16.3. The minimum absolute atomic E-state index is 0.383. The Hall–Kier alpha value is -0.0800. The van der Waals surface area contributed by atoms with Crippen molar-refractivity contribution in [2.24, 2.45) is 0 Å². The monoisotopic (exact) mass is 183 g/mol. The molecule has 2 fully saturated rings. The molecular weight excluding hydrogens is 162 g/mol. The van der Waals surface area contributed by atoms with Gasteiger partial charge in [-0.1, -0.05) is 25.7 Å².